The summed E-state index contributed by atoms with van der Waals surface area (Å²) in [4.78, 5) is 12.6. The van der Waals surface area contributed by atoms with Crippen molar-refractivity contribution in [2.75, 3.05) is 7.11 Å². The standard InChI is InChI=1S/C23H23NO2/c1-26-21-15-13-20(14-16-21)23(19-10-6-3-7-11-19)24-22(25)17-12-18-8-4-2-5-9-18/h2-11,13-16,23H,12,17H2,1H3,(H,24,25)/t23-/m0/s1. The zero-order valence-corrected chi connectivity index (χ0v) is 14.9. The maximum atomic E-state index is 12.6. The molecule has 0 bridgehead atoms. The molecule has 3 heteroatoms. The molecule has 0 unspecified atom stereocenters. The molecule has 1 N–H and O–H groups in total. The Bertz CT molecular complexity index is 814. The van der Waals surface area contributed by atoms with Gasteiger partial charge >= 0.3 is 0 Å². The van der Waals surface area contributed by atoms with E-state index in [0.29, 0.717) is 6.42 Å². The Balaban J connectivity index is 1.74. The second-order valence-corrected chi connectivity index (χ2v) is 6.17. The summed E-state index contributed by atoms with van der Waals surface area (Å²) in [7, 11) is 1.65. The van der Waals surface area contributed by atoms with E-state index in [1.54, 1.807) is 7.11 Å². The number of carbonyl (C=O) groups excluding carboxylic acids is 1. The first kappa shape index (κ1) is 17.7. The van der Waals surface area contributed by atoms with Crippen LogP contribution in [0, 0.1) is 0 Å². The molecule has 3 aromatic carbocycles. The second kappa shape index (κ2) is 8.86. The molecule has 3 aromatic rings. The van der Waals surface area contributed by atoms with Gasteiger partial charge in [-0.3, -0.25) is 4.79 Å². The molecule has 0 aromatic heterocycles. The number of aryl methyl sites for hydroxylation is 1. The van der Waals surface area contributed by atoms with E-state index in [0.717, 1.165) is 23.3 Å². The average Bonchev–Trinajstić information content (AvgIpc) is 2.72. The molecular formula is C23H23NO2. The van der Waals surface area contributed by atoms with E-state index in [1.165, 1.54) is 5.56 Å². The largest absolute Gasteiger partial charge is 0.497 e. The third-order valence-corrected chi connectivity index (χ3v) is 4.37. The molecule has 132 valence electrons. The van der Waals surface area contributed by atoms with Crippen LogP contribution in [0.15, 0.2) is 84.9 Å². The lowest BCUT2D eigenvalue weighted by Crippen LogP contribution is -2.29. The number of benzene rings is 3. The van der Waals surface area contributed by atoms with Crippen LogP contribution in [0.4, 0.5) is 0 Å². The number of amides is 1. The molecule has 0 radical (unpaired) electrons. The van der Waals surface area contributed by atoms with Crippen molar-refractivity contribution in [1.82, 2.24) is 5.32 Å². The summed E-state index contributed by atoms with van der Waals surface area (Å²) in [6, 6.07) is 27.7. The smallest absolute Gasteiger partial charge is 0.221 e. The number of hydrogen-bond acceptors (Lipinski definition) is 2. The van der Waals surface area contributed by atoms with E-state index in [-0.39, 0.29) is 11.9 Å². The SMILES string of the molecule is COc1ccc([C@@H](NC(=O)CCc2ccccc2)c2ccccc2)cc1. The van der Waals surface area contributed by atoms with Gasteiger partial charge in [-0.2, -0.15) is 0 Å². The van der Waals surface area contributed by atoms with Gasteiger partial charge in [0.15, 0.2) is 0 Å². The lowest BCUT2D eigenvalue weighted by molar-refractivity contribution is -0.121. The third-order valence-electron chi connectivity index (χ3n) is 4.37. The van der Waals surface area contributed by atoms with E-state index >= 15 is 0 Å². The number of rotatable bonds is 7. The van der Waals surface area contributed by atoms with Crippen LogP contribution in [0.1, 0.15) is 29.2 Å². The zero-order valence-electron chi connectivity index (χ0n) is 14.9. The van der Waals surface area contributed by atoms with Crippen LogP contribution in [0.3, 0.4) is 0 Å². The summed E-state index contributed by atoms with van der Waals surface area (Å²) < 4.78 is 5.24. The topological polar surface area (TPSA) is 38.3 Å². The van der Waals surface area contributed by atoms with E-state index in [1.807, 2.05) is 84.9 Å². The molecule has 0 aliphatic carbocycles. The number of ether oxygens (including phenoxy) is 1. The molecule has 0 aliphatic heterocycles. The van der Waals surface area contributed by atoms with Crippen molar-refractivity contribution >= 4 is 5.91 Å². The van der Waals surface area contributed by atoms with Crippen LogP contribution < -0.4 is 10.1 Å². The first-order valence-electron chi connectivity index (χ1n) is 8.78. The van der Waals surface area contributed by atoms with Gasteiger partial charge in [-0.1, -0.05) is 72.8 Å². The maximum Gasteiger partial charge on any atom is 0.221 e. The van der Waals surface area contributed by atoms with E-state index in [9.17, 15) is 4.79 Å². The molecule has 1 atom stereocenters. The lowest BCUT2D eigenvalue weighted by Gasteiger charge is -2.20. The minimum absolute atomic E-state index is 0.0403. The Morgan fingerprint density at radius 2 is 1.42 bits per heavy atom. The molecule has 3 rings (SSSR count). The summed E-state index contributed by atoms with van der Waals surface area (Å²) >= 11 is 0. The molecule has 0 heterocycles. The highest BCUT2D eigenvalue weighted by molar-refractivity contribution is 5.77. The fourth-order valence-electron chi connectivity index (χ4n) is 2.94. The quantitative estimate of drug-likeness (QED) is 0.683. The minimum atomic E-state index is -0.176. The molecule has 0 fully saturated rings. The number of methoxy groups -OCH3 is 1. The molecule has 0 saturated heterocycles. The molecule has 0 aliphatic rings. The highest BCUT2D eigenvalue weighted by atomic mass is 16.5. The van der Waals surface area contributed by atoms with Crippen molar-refractivity contribution in [1.29, 1.82) is 0 Å². The molecule has 0 spiro atoms. The Morgan fingerprint density at radius 1 is 0.846 bits per heavy atom. The summed E-state index contributed by atoms with van der Waals surface area (Å²) in [6.45, 7) is 0. The number of hydrogen-bond donors (Lipinski definition) is 1. The average molecular weight is 345 g/mol. The Kier molecular flexibility index (Phi) is 6.05. The Hall–Kier alpha value is -3.07. The van der Waals surface area contributed by atoms with Crippen molar-refractivity contribution < 1.29 is 9.53 Å². The van der Waals surface area contributed by atoms with Crippen molar-refractivity contribution in [2.45, 2.75) is 18.9 Å². The molecule has 0 saturated carbocycles. The summed E-state index contributed by atoms with van der Waals surface area (Å²) in [5.41, 5.74) is 3.26. The highest BCUT2D eigenvalue weighted by Gasteiger charge is 2.16. The first-order chi connectivity index (χ1) is 12.8. The van der Waals surface area contributed by atoms with Gasteiger partial charge in [-0.05, 0) is 35.2 Å². The normalized spacial score (nSPS) is 11.6. The van der Waals surface area contributed by atoms with Gasteiger partial charge in [-0.15, -0.1) is 0 Å². The first-order valence-corrected chi connectivity index (χ1v) is 8.78. The van der Waals surface area contributed by atoms with Crippen LogP contribution in [-0.4, -0.2) is 13.0 Å². The molecule has 1 amide bonds. The Morgan fingerprint density at radius 3 is 2.04 bits per heavy atom. The van der Waals surface area contributed by atoms with Crippen LogP contribution in [0.25, 0.3) is 0 Å². The summed E-state index contributed by atoms with van der Waals surface area (Å²) in [5.74, 6) is 0.842. The van der Waals surface area contributed by atoms with Crippen LogP contribution in [0.5, 0.6) is 5.75 Å². The van der Waals surface area contributed by atoms with E-state index < -0.39 is 0 Å². The van der Waals surface area contributed by atoms with Crippen molar-refractivity contribution in [3.05, 3.63) is 102 Å². The van der Waals surface area contributed by atoms with Crippen molar-refractivity contribution in [3.63, 3.8) is 0 Å². The number of nitrogens with one attached hydrogen (secondary N) is 1. The van der Waals surface area contributed by atoms with E-state index in [4.69, 9.17) is 4.74 Å². The molecular weight excluding hydrogens is 322 g/mol. The van der Waals surface area contributed by atoms with Gasteiger partial charge in [0.2, 0.25) is 5.91 Å². The van der Waals surface area contributed by atoms with Crippen LogP contribution >= 0.6 is 0 Å². The van der Waals surface area contributed by atoms with E-state index in [2.05, 4.69) is 5.32 Å². The monoisotopic (exact) mass is 345 g/mol. The fraction of sp³-hybridized carbons (Fsp3) is 0.174. The van der Waals surface area contributed by atoms with Gasteiger partial charge in [-0.25, -0.2) is 0 Å². The minimum Gasteiger partial charge on any atom is -0.497 e. The van der Waals surface area contributed by atoms with Gasteiger partial charge in [0, 0.05) is 6.42 Å². The maximum absolute atomic E-state index is 12.6. The van der Waals surface area contributed by atoms with Gasteiger partial charge in [0.25, 0.3) is 0 Å². The van der Waals surface area contributed by atoms with Crippen molar-refractivity contribution in [2.24, 2.45) is 0 Å². The third kappa shape index (κ3) is 4.73. The van der Waals surface area contributed by atoms with Gasteiger partial charge in [0.1, 0.15) is 5.75 Å². The predicted molar refractivity (Wildman–Crippen MR) is 104 cm³/mol. The second-order valence-electron chi connectivity index (χ2n) is 6.17. The van der Waals surface area contributed by atoms with Crippen LogP contribution in [0.2, 0.25) is 0 Å². The Labute approximate surface area is 154 Å². The van der Waals surface area contributed by atoms with Crippen LogP contribution in [-0.2, 0) is 11.2 Å². The van der Waals surface area contributed by atoms with Gasteiger partial charge in [0.05, 0.1) is 13.2 Å². The fourth-order valence-corrected chi connectivity index (χ4v) is 2.94. The predicted octanol–water partition coefficient (Wildman–Crippen LogP) is 4.53. The highest BCUT2D eigenvalue weighted by Crippen LogP contribution is 2.24. The molecule has 26 heavy (non-hydrogen) atoms. The van der Waals surface area contributed by atoms with Crippen molar-refractivity contribution in [3.8, 4) is 5.75 Å². The molecule has 3 nitrogen and oxygen atoms in total. The lowest BCUT2D eigenvalue weighted by atomic mass is 9.98. The van der Waals surface area contributed by atoms with Gasteiger partial charge < -0.3 is 10.1 Å². The zero-order chi connectivity index (χ0) is 18.2. The number of carbonyl (C=O) groups is 1. The summed E-state index contributed by atoms with van der Waals surface area (Å²) in [6.07, 6.45) is 1.19. The summed E-state index contributed by atoms with van der Waals surface area (Å²) in [5, 5.41) is 3.18.